The van der Waals surface area contributed by atoms with Crippen LogP contribution < -0.4 is 5.32 Å². The van der Waals surface area contributed by atoms with Crippen molar-refractivity contribution in [1.82, 2.24) is 20.1 Å². The average Bonchev–Trinajstić information content (AvgIpc) is 2.85. The van der Waals surface area contributed by atoms with Crippen molar-refractivity contribution in [3.05, 3.63) is 33.9 Å². The molecule has 2 rings (SSSR count). The zero-order valence-corrected chi connectivity index (χ0v) is 12.7. The summed E-state index contributed by atoms with van der Waals surface area (Å²) in [5.74, 6) is 0.466. The van der Waals surface area contributed by atoms with Gasteiger partial charge in [-0.1, -0.05) is 0 Å². The maximum absolute atomic E-state index is 11.7. The maximum Gasteiger partial charge on any atom is 0.273 e. The summed E-state index contributed by atoms with van der Waals surface area (Å²) in [6.45, 7) is 4.04. The molecule has 1 amide bonds. The van der Waals surface area contributed by atoms with Crippen molar-refractivity contribution in [2.45, 2.75) is 19.9 Å². The Bertz CT molecular complexity index is 593. The molecule has 0 bridgehead atoms. The van der Waals surface area contributed by atoms with Gasteiger partial charge in [0.25, 0.3) is 5.91 Å². The second kappa shape index (κ2) is 5.96. The molecule has 0 aromatic carbocycles. The predicted octanol–water partition coefficient (Wildman–Crippen LogP) is 2.12. The third-order valence-corrected chi connectivity index (χ3v) is 3.76. The van der Waals surface area contributed by atoms with Crippen LogP contribution in [0.5, 0.6) is 0 Å². The van der Waals surface area contributed by atoms with Crippen LogP contribution in [0.4, 0.5) is 5.82 Å². The van der Waals surface area contributed by atoms with Crippen molar-refractivity contribution >= 4 is 23.1 Å². The summed E-state index contributed by atoms with van der Waals surface area (Å²) in [7, 11) is 3.37. The van der Waals surface area contributed by atoms with Gasteiger partial charge in [-0.3, -0.25) is 4.79 Å². The smallest absolute Gasteiger partial charge is 0.273 e. The first-order valence-corrected chi connectivity index (χ1v) is 7.03. The Hall–Kier alpha value is -2.02. The molecule has 0 aliphatic heterocycles. The Labute approximate surface area is 121 Å². The molecule has 106 valence electrons. The van der Waals surface area contributed by atoms with Crippen LogP contribution in [0.3, 0.4) is 0 Å². The van der Waals surface area contributed by atoms with E-state index >= 15 is 0 Å². The summed E-state index contributed by atoms with van der Waals surface area (Å²) in [6, 6.07) is 3.47. The Morgan fingerprint density at radius 3 is 2.60 bits per heavy atom. The second-order valence-corrected chi connectivity index (χ2v) is 5.94. The van der Waals surface area contributed by atoms with Crippen LogP contribution in [0, 0.1) is 6.92 Å². The number of carbonyl (C=O) groups is 1. The number of aromatic nitrogens is 3. The number of nitrogens with zero attached hydrogens (tertiary/aromatic N) is 4. The van der Waals surface area contributed by atoms with E-state index in [0.717, 1.165) is 5.01 Å². The van der Waals surface area contributed by atoms with Gasteiger partial charge in [0.1, 0.15) is 10.8 Å². The molecule has 0 saturated heterocycles. The van der Waals surface area contributed by atoms with Gasteiger partial charge in [-0.2, -0.15) is 0 Å². The Morgan fingerprint density at radius 2 is 2.10 bits per heavy atom. The highest BCUT2D eigenvalue weighted by atomic mass is 32.1. The molecule has 0 aliphatic carbocycles. The quantitative estimate of drug-likeness (QED) is 0.934. The monoisotopic (exact) mass is 291 g/mol. The molecular formula is C13H17N5OS. The van der Waals surface area contributed by atoms with Crippen LogP contribution >= 0.6 is 11.3 Å². The number of rotatable bonds is 4. The van der Waals surface area contributed by atoms with Crippen LogP contribution in [0.25, 0.3) is 0 Å². The van der Waals surface area contributed by atoms with E-state index in [4.69, 9.17) is 0 Å². The fourth-order valence-electron chi connectivity index (χ4n) is 1.61. The first-order valence-electron chi connectivity index (χ1n) is 6.21. The lowest BCUT2D eigenvalue weighted by Crippen LogP contribution is -2.23. The standard InChI is InChI=1S/C13H17N5OS/c1-8-7-14-12(20-8)9(2)15-11-6-5-10(16-17-11)13(19)18(3)4/h5-7,9H,1-4H3,(H,15,17). The number of anilines is 1. The van der Waals surface area contributed by atoms with Gasteiger partial charge < -0.3 is 10.2 Å². The van der Waals surface area contributed by atoms with E-state index in [0.29, 0.717) is 11.5 Å². The summed E-state index contributed by atoms with van der Waals surface area (Å²) in [6.07, 6.45) is 1.85. The van der Waals surface area contributed by atoms with Gasteiger partial charge in [-0.25, -0.2) is 4.98 Å². The number of thiazole rings is 1. The lowest BCUT2D eigenvalue weighted by Gasteiger charge is -2.12. The molecule has 0 fully saturated rings. The van der Waals surface area contributed by atoms with E-state index in [2.05, 4.69) is 20.5 Å². The number of carbonyl (C=O) groups excluding carboxylic acids is 1. The van der Waals surface area contributed by atoms with Gasteiger partial charge in [0.15, 0.2) is 5.69 Å². The minimum absolute atomic E-state index is 0.0541. The molecule has 2 aromatic rings. The van der Waals surface area contributed by atoms with Gasteiger partial charge in [0.05, 0.1) is 6.04 Å². The molecule has 0 aliphatic rings. The highest BCUT2D eigenvalue weighted by Crippen LogP contribution is 2.22. The fourth-order valence-corrected chi connectivity index (χ4v) is 2.38. The Kier molecular flexibility index (Phi) is 4.29. The van der Waals surface area contributed by atoms with Crippen molar-refractivity contribution < 1.29 is 4.79 Å². The molecule has 2 aromatic heterocycles. The first-order chi connectivity index (χ1) is 9.47. The summed E-state index contributed by atoms with van der Waals surface area (Å²) >= 11 is 1.64. The van der Waals surface area contributed by atoms with Crippen LogP contribution in [-0.2, 0) is 0 Å². The minimum Gasteiger partial charge on any atom is -0.360 e. The molecule has 1 unspecified atom stereocenters. The highest BCUT2D eigenvalue weighted by molar-refractivity contribution is 7.11. The number of aryl methyl sites for hydroxylation is 1. The third kappa shape index (κ3) is 3.30. The summed E-state index contributed by atoms with van der Waals surface area (Å²) < 4.78 is 0. The molecule has 6 nitrogen and oxygen atoms in total. The molecule has 1 atom stereocenters. The van der Waals surface area contributed by atoms with Crippen molar-refractivity contribution in [1.29, 1.82) is 0 Å². The third-order valence-electron chi connectivity index (χ3n) is 2.66. The van der Waals surface area contributed by atoms with Crippen LogP contribution in [0.2, 0.25) is 0 Å². The summed E-state index contributed by atoms with van der Waals surface area (Å²) in [4.78, 5) is 18.7. The van der Waals surface area contributed by atoms with E-state index in [1.165, 1.54) is 9.78 Å². The number of amides is 1. The van der Waals surface area contributed by atoms with Gasteiger partial charge in [-0.05, 0) is 26.0 Å². The zero-order valence-electron chi connectivity index (χ0n) is 11.9. The maximum atomic E-state index is 11.7. The Morgan fingerprint density at radius 1 is 1.35 bits per heavy atom. The van der Waals surface area contributed by atoms with E-state index in [1.54, 1.807) is 37.6 Å². The topological polar surface area (TPSA) is 71.0 Å². The largest absolute Gasteiger partial charge is 0.360 e. The van der Waals surface area contributed by atoms with Crippen molar-refractivity contribution in [2.75, 3.05) is 19.4 Å². The average molecular weight is 291 g/mol. The molecular weight excluding hydrogens is 274 g/mol. The van der Waals surface area contributed by atoms with E-state index in [-0.39, 0.29) is 11.9 Å². The van der Waals surface area contributed by atoms with Crippen LogP contribution in [0.1, 0.15) is 33.3 Å². The summed E-state index contributed by atoms with van der Waals surface area (Å²) in [5.41, 5.74) is 0.332. The van der Waals surface area contributed by atoms with E-state index in [1.807, 2.05) is 20.0 Å². The highest BCUT2D eigenvalue weighted by Gasteiger charge is 2.12. The molecule has 0 saturated carbocycles. The Balaban J connectivity index is 2.05. The zero-order chi connectivity index (χ0) is 14.7. The molecule has 0 spiro atoms. The van der Waals surface area contributed by atoms with Crippen LogP contribution in [0.15, 0.2) is 18.3 Å². The SMILES string of the molecule is Cc1cnc(C(C)Nc2ccc(C(=O)N(C)C)nn2)s1. The number of hydrogen-bond donors (Lipinski definition) is 1. The first kappa shape index (κ1) is 14.4. The van der Waals surface area contributed by atoms with E-state index < -0.39 is 0 Å². The lowest BCUT2D eigenvalue weighted by atomic mass is 10.3. The number of hydrogen-bond acceptors (Lipinski definition) is 6. The summed E-state index contributed by atoms with van der Waals surface area (Å²) in [5, 5.41) is 12.2. The van der Waals surface area contributed by atoms with Crippen molar-refractivity contribution in [3.63, 3.8) is 0 Å². The minimum atomic E-state index is -0.160. The van der Waals surface area contributed by atoms with Gasteiger partial charge in [0, 0.05) is 25.2 Å². The van der Waals surface area contributed by atoms with Crippen molar-refractivity contribution in [3.8, 4) is 0 Å². The predicted molar refractivity (Wildman–Crippen MR) is 78.9 cm³/mol. The molecule has 1 N–H and O–H groups in total. The van der Waals surface area contributed by atoms with Gasteiger partial charge in [-0.15, -0.1) is 21.5 Å². The molecule has 2 heterocycles. The van der Waals surface area contributed by atoms with E-state index in [9.17, 15) is 4.79 Å². The van der Waals surface area contributed by atoms with Gasteiger partial charge in [0.2, 0.25) is 0 Å². The molecule has 0 radical (unpaired) electrons. The second-order valence-electron chi connectivity index (χ2n) is 4.68. The number of nitrogens with one attached hydrogen (secondary N) is 1. The molecule has 7 heteroatoms. The fraction of sp³-hybridized carbons (Fsp3) is 0.385. The normalized spacial score (nSPS) is 12.0. The lowest BCUT2D eigenvalue weighted by molar-refractivity contribution is 0.0821. The van der Waals surface area contributed by atoms with Crippen molar-refractivity contribution in [2.24, 2.45) is 0 Å². The van der Waals surface area contributed by atoms with Gasteiger partial charge >= 0.3 is 0 Å². The van der Waals surface area contributed by atoms with Crippen LogP contribution in [-0.4, -0.2) is 40.1 Å². The molecule has 20 heavy (non-hydrogen) atoms.